The Hall–Kier alpha value is -1.96. The zero-order chi connectivity index (χ0) is 11.8. The molecule has 0 aliphatic heterocycles. The first-order valence-electron chi connectivity index (χ1n) is 5.49. The molecule has 0 spiro atoms. The van der Waals surface area contributed by atoms with Crippen LogP contribution >= 0.6 is 0 Å². The summed E-state index contributed by atoms with van der Waals surface area (Å²) in [6.45, 7) is 0. The van der Waals surface area contributed by atoms with Crippen molar-refractivity contribution < 1.29 is 8.78 Å². The molecule has 0 fully saturated rings. The quantitative estimate of drug-likeness (QED) is 0.693. The van der Waals surface area contributed by atoms with E-state index < -0.39 is 11.6 Å². The zero-order valence-electron chi connectivity index (χ0n) is 9.08. The standard InChI is InChI=1S/C15H10F2/c16-11-6-8-14(15(17)9-11)13-7-5-10-3-1-2-4-12(10)13/h1-4,6-9H,5H2. The highest BCUT2D eigenvalue weighted by Gasteiger charge is 2.17. The molecule has 1 aliphatic carbocycles. The van der Waals surface area contributed by atoms with Crippen LogP contribution in [0.1, 0.15) is 16.7 Å². The Morgan fingerprint density at radius 1 is 0.882 bits per heavy atom. The van der Waals surface area contributed by atoms with Crippen molar-refractivity contribution in [3.05, 3.63) is 76.9 Å². The van der Waals surface area contributed by atoms with Crippen LogP contribution in [0.25, 0.3) is 5.57 Å². The average Bonchev–Trinajstić information content (AvgIpc) is 2.73. The first-order valence-corrected chi connectivity index (χ1v) is 5.49. The third-order valence-corrected chi connectivity index (χ3v) is 3.05. The van der Waals surface area contributed by atoms with E-state index >= 15 is 0 Å². The molecular formula is C15H10F2. The summed E-state index contributed by atoms with van der Waals surface area (Å²) in [5, 5.41) is 0. The third-order valence-electron chi connectivity index (χ3n) is 3.05. The van der Waals surface area contributed by atoms with Gasteiger partial charge in [0.15, 0.2) is 0 Å². The summed E-state index contributed by atoms with van der Waals surface area (Å²) in [5.41, 5.74) is 3.55. The second-order valence-electron chi connectivity index (χ2n) is 4.10. The van der Waals surface area contributed by atoms with E-state index in [-0.39, 0.29) is 0 Å². The summed E-state index contributed by atoms with van der Waals surface area (Å²) in [5.74, 6) is -1.05. The van der Waals surface area contributed by atoms with Crippen molar-refractivity contribution in [2.45, 2.75) is 6.42 Å². The van der Waals surface area contributed by atoms with Crippen LogP contribution in [0, 0.1) is 11.6 Å². The summed E-state index contributed by atoms with van der Waals surface area (Å²) in [6, 6.07) is 11.6. The second kappa shape index (κ2) is 3.81. The lowest BCUT2D eigenvalue weighted by molar-refractivity contribution is 0.581. The molecule has 2 aromatic carbocycles. The van der Waals surface area contributed by atoms with Crippen molar-refractivity contribution in [3.63, 3.8) is 0 Å². The number of rotatable bonds is 1. The van der Waals surface area contributed by atoms with Crippen molar-refractivity contribution >= 4 is 5.57 Å². The normalized spacial score (nSPS) is 13.4. The molecule has 0 saturated carbocycles. The topological polar surface area (TPSA) is 0 Å². The molecule has 0 bridgehead atoms. The molecule has 0 aromatic heterocycles. The van der Waals surface area contributed by atoms with Crippen molar-refractivity contribution in [2.24, 2.45) is 0 Å². The molecule has 2 aromatic rings. The SMILES string of the molecule is Fc1ccc(C2=CCc3ccccc32)c(F)c1. The van der Waals surface area contributed by atoms with Gasteiger partial charge in [-0.2, -0.15) is 0 Å². The number of allylic oxidation sites excluding steroid dienone is 1. The predicted octanol–water partition coefficient (Wildman–Crippen LogP) is 3.95. The van der Waals surface area contributed by atoms with E-state index in [0.717, 1.165) is 23.6 Å². The summed E-state index contributed by atoms with van der Waals surface area (Å²) in [7, 11) is 0. The van der Waals surface area contributed by atoms with Gasteiger partial charge in [0, 0.05) is 11.6 Å². The molecule has 17 heavy (non-hydrogen) atoms. The zero-order valence-corrected chi connectivity index (χ0v) is 9.08. The van der Waals surface area contributed by atoms with E-state index in [9.17, 15) is 8.78 Å². The highest BCUT2D eigenvalue weighted by Crippen LogP contribution is 2.33. The minimum Gasteiger partial charge on any atom is -0.207 e. The number of hydrogen-bond acceptors (Lipinski definition) is 0. The third kappa shape index (κ3) is 1.66. The van der Waals surface area contributed by atoms with E-state index in [1.54, 1.807) is 0 Å². The fourth-order valence-electron chi connectivity index (χ4n) is 2.25. The van der Waals surface area contributed by atoms with Crippen molar-refractivity contribution in [1.82, 2.24) is 0 Å². The molecule has 0 N–H and O–H groups in total. The molecule has 84 valence electrons. The van der Waals surface area contributed by atoms with Gasteiger partial charge in [-0.15, -0.1) is 0 Å². The van der Waals surface area contributed by atoms with Gasteiger partial charge in [0.05, 0.1) is 0 Å². The van der Waals surface area contributed by atoms with Gasteiger partial charge in [0.2, 0.25) is 0 Å². The summed E-state index contributed by atoms with van der Waals surface area (Å²) < 4.78 is 26.6. The maximum absolute atomic E-state index is 13.7. The van der Waals surface area contributed by atoms with Crippen LogP contribution in [-0.4, -0.2) is 0 Å². The second-order valence-corrected chi connectivity index (χ2v) is 4.10. The Balaban J connectivity index is 2.13. The summed E-state index contributed by atoms with van der Waals surface area (Å²) in [4.78, 5) is 0. The highest BCUT2D eigenvalue weighted by atomic mass is 19.1. The van der Waals surface area contributed by atoms with Crippen LogP contribution in [0.15, 0.2) is 48.5 Å². The molecule has 3 rings (SSSR count). The van der Waals surface area contributed by atoms with Crippen molar-refractivity contribution in [2.75, 3.05) is 0 Å². The minimum absolute atomic E-state index is 0.469. The Labute approximate surface area is 98.2 Å². The average molecular weight is 228 g/mol. The van der Waals surface area contributed by atoms with Gasteiger partial charge in [0.1, 0.15) is 11.6 Å². The molecule has 0 radical (unpaired) electrons. The van der Waals surface area contributed by atoms with Crippen molar-refractivity contribution in [1.29, 1.82) is 0 Å². The van der Waals surface area contributed by atoms with E-state index in [1.807, 2.05) is 30.3 Å². The molecule has 2 heteroatoms. The molecule has 0 nitrogen and oxygen atoms in total. The lowest BCUT2D eigenvalue weighted by atomic mass is 9.99. The maximum Gasteiger partial charge on any atom is 0.133 e. The van der Waals surface area contributed by atoms with Crippen LogP contribution in [0.4, 0.5) is 8.78 Å². The molecule has 0 unspecified atom stereocenters. The molecule has 0 atom stereocenters. The monoisotopic (exact) mass is 228 g/mol. The van der Waals surface area contributed by atoms with Crippen LogP contribution in [-0.2, 0) is 6.42 Å². The Bertz CT molecular complexity index is 612. The smallest absolute Gasteiger partial charge is 0.133 e. The van der Waals surface area contributed by atoms with Gasteiger partial charge >= 0.3 is 0 Å². The molecule has 0 saturated heterocycles. The number of benzene rings is 2. The minimum atomic E-state index is -0.543. The summed E-state index contributed by atoms with van der Waals surface area (Å²) in [6.07, 6.45) is 2.79. The first kappa shape index (κ1) is 10.2. The van der Waals surface area contributed by atoms with Gasteiger partial charge in [-0.1, -0.05) is 30.3 Å². The van der Waals surface area contributed by atoms with Crippen molar-refractivity contribution in [3.8, 4) is 0 Å². The Morgan fingerprint density at radius 2 is 1.71 bits per heavy atom. The Kier molecular flexibility index (Phi) is 2.29. The lowest BCUT2D eigenvalue weighted by Gasteiger charge is -2.07. The largest absolute Gasteiger partial charge is 0.207 e. The maximum atomic E-state index is 13.7. The highest BCUT2D eigenvalue weighted by molar-refractivity contribution is 5.84. The van der Waals surface area contributed by atoms with Gasteiger partial charge in [-0.05, 0) is 35.3 Å². The molecular weight excluding hydrogens is 218 g/mol. The van der Waals surface area contributed by atoms with E-state index in [4.69, 9.17) is 0 Å². The molecule has 0 heterocycles. The van der Waals surface area contributed by atoms with Gasteiger partial charge < -0.3 is 0 Å². The van der Waals surface area contributed by atoms with Gasteiger partial charge in [0.25, 0.3) is 0 Å². The van der Waals surface area contributed by atoms with E-state index in [1.165, 1.54) is 17.7 Å². The van der Waals surface area contributed by atoms with E-state index in [0.29, 0.717) is 5.56 Å². The predicted molar refractivity (Wildman–Crippen MR) is 63.6 cm³/mol. The molecule has 0 amide bonds. The van der Waals surface area contributed by atoms with Gasteiger partial charge in [-0.3, -0.25) is 0 Å². The van der Waals surface area contributed by atoms with Crippen LogP contribution in [0.5, 0.6) is 0 Å². The van der Waals surface area contributed by atoms with Crippen LogP contribution < -0.4 is 0 Å². The fourth-order valence-corrected chi connectivity index (χ4v) is 2.25. The Morgan fingerprint density at radius 3 is 2.53 bits per heavy atom. The van der Waals surface area contributed by atoms with Gasteiger partial charge in [-0.25, -0.2) is 8.78 Å². The first-order chi connectivity index (χ1) is 8.25. The number of hydrogen-bond donors (Lipinski definition) is 0. The lowest BCUT2D eigenvalue weighted by Crippen LogP contribution is -1.92. The van der Waals surface area contributed by atoms with E-state index in [2.05, 4.69) is 0 Å². The summed E-state index contributed by atoms with van der Waals surface area (Å²) >= 11 is 0. The number of fused-ring (bicyclic) bond motifs is 1. The fraction of sp³-hybridized carbons (Fsp3) is 0.0667. The van der Waals surface area contributed by atoms with Crippen LogP contribution in [0.2, 0.25) is 0 Å². The number of halogens is 2. The van der Waals surface area contributed by atoms with Crippen LogP contribution in [0.3, 0.4) is 0 Å². The molecule has 1 aliphatic rings.